The molecule has 0 aliphatic heterocycles. The third-order valence-electron chi connectivity index (χ3n) is 3.50. The topological polar surface area (TPSA) is 74.3 Å². The number of nitrogens with zero attached hydrogens (tertiary/aromatic N) is 1. The van der Waals surface area contributed by atoms with E-state index in [2.05, 4.69) is 0 Å². The molecule has 0 spiro atoms. The van der Waals surface area contributed by atoms with Crippen molar-refractivity contribution in [2.24, 2.45) is 0 Å². The van der Waals surface area contributed by atoms with E-state index < -0.39 is 23.7 Å². The van der Waals surface area contributed by atoms with Gasteiger partial charge in [-0.3, -0.25) is 4.90 Å². The van der Waals surface area contributed by atoms with Crippen LogP contribution in [0.2, 0.25) is 0 Å². The molecule has 0 saturated heterocycles. The van der Waals surface area contributed by atoms with E-state index in [0.29, 0.717) is 11.5 Å². The standard InChI is InChI=1S/C18H27NO6/c1-18(2,3)25-17(21)19(4)13(16(20)24-7)10-12-8-9-14(22-5)15(11-12)23-6/h8-9,11,13H,10H2,1-7H3/t13-/m0/s1. The molecule has 0 radical (unpaired) electrons. The van der Waals surface area contributed by atoms with Crippen LogP contribution in [0.1, 0.15) is 26.3 Å². The highest BCUT2D eigenvalue weighted by molar-refractivity contribution is 5.81. The molecule has 0 heterocycles. The highest BCUT2D eigenvalue weighted by atomic mass is 16.6. The van der Waals surface area contributed by atoms with Crippen LogP contribution in [0, 0.1) is 0 Å². The van der Waals surface area contributed by atoms with Gasteiger partial charge >= 0.3 is 12.1 Å². The molecule has 140 valence electrons. The molecule has 1 aromatic rings. The fourth-order valence-electron chi connectivity index (χ4n) is 2.21. The van der Waals surface area contributed by atoms with Gasteiger partial charge in [-0.25, -0.2) is 9.59 Å². The SMILES string of the molecule is COC(=O)[C@H](Cc1ccc(OC)c(OC)c1)N(C)C(=O)OC(C)(C)C. The molecule has 1 amide bonds. The number of hydrogen-bond donors (Lipinski definition) is 0. The smallest absolute Gasteiger partial charge is 0.410 e. The number of esters is 1. The van der Waals surface area contributed by atoms with Gasteiger partial charge in [0.15, 0.2) is 11.5 Å². The van der Waals surface area contributed by atoms with Crippen molar-refractivity contribution >= 4 is 12.1 Å². The minimum Gasteiger partial charge on any atom is -0.493 e. The maximum Gasteiger partial charge on any atom is 0.410 e. The van der Waals surface area contributed by atoms with Crippen LogP contribution in [0.4, 0.5) is 4.79 Å². The van der Waals surface area contributed by atoms with Crippen LogP contribution in [0.3, 0.4) is 0 Å². The van der Waals surface area contributed by atoms with Crippen molar-refractivity contribution in [1.29, 1.82) is 0 Å². The first-order valence-corrected chi connectivity index (χ1v) is 7.87. The van der Waals surface area contributed by atoms with Crippen LogP contribution >= 0.6 is 0 Å². The molecule has 1 atom stereocenters. The summed E-state index contributed by atoms with van der Waals surface area (Å²) >= 11 is 0. The van der Waals surface area contributed by atoms with Gasteiger partial charge < -0.3 is 18.9 Å². The van der Waals surface area contributed by atoms with Gasteiger partial charge in [-0.2, -0.15) is 0 Å². The molecule has 7 nitrogen and oxygen atoms in total. The summed E-state index contributed by atoms with van der Waals surface area (Å²) < 4.78 is 20.6. The molecule has 0 bridgehead atoms. The van der Waals surface area contributed by atoms with E-state index in [1.165, 1.54) is 26.2 Å². The largest absolute Gasteiger partial charge is 0.493 e. The average molecular weight is 353 g/mol. The summed E-state index contributed by atoms with van der Waals surface area (Å²) in [5, 5.41) is 0. The van der Waals surface area contributed by atoms with E-state index in [9.17, 15) is 9.59 Å². The molecule has 0 aliphatic rings. The lowest BCUT2D eigenvalue weighted by atomic mass is 10.0. The number of hydrogen-bond acceptors (Lipinski definition) is 6. The molecule has 1 rings (SSSR count). The van der Waals surface area contributed by atoms with Crippen LogP contribution in [0.15, 0.2) is 18.2 Å². The number of ether oxygens (including phenoxy) is 4. The zero-order valence-electron chi connectivity index (χ0n) is 15.9. The number of benzene rings is 1. The highest BCUT2D eigenvalue weighted by Crippen LogP contribution is 2.28. The van der Waals surface area contributed by atoms with E-state index in [1.54, 1.807) is 46.1 Å². The summed E-state index contributed by atoms with van der Waals surface area (Å²) in [6, 6.07) is 4.49. The second-order valence-corrected chi connectivity index (χ2v) is 6.52. The van der Waals surface area contributed by atoms with Gasteiger partial charge in [0, 0.05) is 13.5 Å². The first kappa shape index (κ1) is 20.6. The Hall–Kier alpha value is -2.44. The monoisotopic (exact) mass is 353 g/mol. The van der Waals surface area contributed by atoms with E-state index in [4.69, 9.17) is 18.9 Å². The Morgan fingerprint density at radius 1 is 1.08 bits per heavy atom. The predicted octanol–water partition coefficient (Wildman–Crippen LogP) is 2.65. The van der Waals surface area contributed by atoms with Gasteiger partial charge in [0.25, 0.3) is 0 Å². The quantitative estimate of drug-likeness (QED) is 0.732. The second-order valence-electron chi connectivity index (χ2n) is 6.52. The fraction of sp³-hybridized carbons (Fsp3) is 0.556. The van der Waals surface area contributed by atoms with Crippen molar-refractivity contribution in [3.8, 4) is 11.5 Å². The third-order valence-corrected chi connectivity index (χ3v) is 3.50. The van der Waals surface area contributed by atoms with E-state index in [0.717, 1.165) is 5.56 Å². The van der Waals surface area contributed by atoms with Gasteiger partial charge in [0.1, 0.15) is 11.6 Å². The Kier molecular flexibility index (Phi) is 7.09. The van der Waals surface area contributed by atoms with Crippen LogP contribution in [-0.2, 0) is 20.7 Å². The lowest BCUT2D eigenvalue weighted by molar-refractivity contribution is -0.146. The normalized spacial score (nSPS) is 12.1. The molecule has 25 heavy (non-hydrogen) atoms. The minimum absolute atomic E-state index is 0.253. The molecule has 0 saturated carbocycles. The van der Waals surface area contributed by atoms with Crippen LogP contribution in [0.5, 0.6) is 11.5 Å². The number of likely N-dealkylation sites (N-methyl/N-ethyl adjacent to an activating group) is 1. The Balaban J connectivity index is 3.04. The Labute approximate surface area is 148 Å². The fourth-order valence-corrected chi connectivity index (χ4v) is 2.21. The number of carbonyl (C=O) groups is 2. The summed E-state index contributed by atoms with van der Waals surface area (Å²) in [5.74, 6) is 0.605. The van der Waals surface area contributed by atoms with Crippen LogP contribution < -0.4 is 9.47 Å². The molecule has 0 fully saturated rings. The molecule has 7 heteroatoms. The zero-order chi connectivity index (χ0) is 19.2. The summed E-state index contributed by atoms with van der Waals surface area (Å²) in [6.07, 6.45) is -0.341. The van der Waals surface area contributed by atoms with Crippen LogP contribution in [-0.4, -0.2) is 57.0 Å². The first-order chi connectivity index (χ1) is 11.6. The van der Waals surface area contributed by atoms with Crippen molar-refractivity contribution in [1.82, 2.24) is 4.90 Å². The van der Waals surface area contributed by atoms with Gasteiger partial charge in [-0.15, -0.1) is 0 Å². The second kappa shape index (κ2) is 8.60. The summed E-state index contributed by atoms with van der Waals surface area (Å²) in [4.78, 5) is 25.7. The summed E-state index contributed by atoms with van der Waals surface area (Å²) in [7, 11) is 5.88. The summed E-state index contributed by atoms with van der Waals surface area (Å²) in [5.41, 5.74) is 0.137. The van der Waals surface area contributed by atoms with Crippen molar-refractivity contribution < 1.29 is 28.5 Å². The molecule has 0 aromatic heterocycles. The molecule has 0 N–H and O–H groups in total. The Bertz CT molecular complexity index is 608. The van der Waals surface area contributed by atoms with Crippen molar-refractivity contribution in [2.45, 2.75) is 38.8 Å². The molecule has 1 aromatic carbocycles. The lowest BCUT2D eigenvalue weighted by Gasteiger charge is -2.29. The van der Waals surface area contributed by atoms with Crippen molar-refractivity contribution in [3.63, 3.8) is 0 Å². The average Bonchev–Trinajstić information content (AvgIpc) is 2.56. The third kappa shape index (κ3) is 5.85. The number of carbonyl (C=O) groups excluding carboxylic acids is 2. The van der Waals surface area contributed by atoms with Crippen molar-refractivity contribution in [2.75, 3.05) is 28.4 Å². The molecule has 0 aliphatic carbocycles. The Morgan fingerprint density at radius 3 is 2.16 bits per heavy atom. The number of rotatable bonds is 6. The van der Waals surface area contributed by atoms with Gasteiger partial charge in [0.2, 0.25) is 0 Å². The van der Waals surface area contributed by atoms with Crippen LogP contribution in [0.25, 0.3) is 0 Å². The maximum absolute atomic E-state index is 12.3. The van der Waals surface area contributed by atoms with E-state index in [1.807, 2.05) is 0 Å². The predicted molar refractivity (Wildman–Crippen MR) is 93.1 cm³/mol. The van der Waals surface area contributed by atoms with E-state index in [-0.39, 0.29) is 6.42 Å². The van der Waals surface area contributed by atoms with Gasteiger partial charge in [-0.05, 0) is 38.5 Å². The maximum atomic E-state index is 12.3. The Morgan fingerprint density at radius 2 is 1.68 bits per heavy atom. The molecular formula is C18H27NO6. The van der Waals surface area contributed by atoms with Gasteiger partial charge in [-0.1, -0.05) is 6.07 Å². The molecule has 0 unspecified atom stereocenters. The highest BCUT2D eigenvalue weighted by Gasteiger charge is 2.31. The zero-order valence-corrected chi connectivity index (χ0v) is 15.9. The summed E-state index contributed by atoms with van der Waals surface area (Å²) in [6.45, 7) is 5.29. The number of amides is 1. The van der Waals surface area contributed by atoms with Crippen molar-refractivity contribution in [3.05, 3.63) is 23.8 Å². The molecular weight excluding hydrogens is 326 g/mol. The number of methoxy groups -OCH3 is 3. The lowest BCUT2D eigenvalue weighted by Crippen LogP contribution is -2.46. The van der Waals surface area contributed by atoms with Gasteiger partial charge in [0.05, 0.1) is 21.3 Å². The van der Waals surface area contributed by atoms with E-state index >= 15 is 0 Å². The first-order valence-electron chi connectivity index (χ1n) is 7.87. The minimum atomic E-state index is -0.821.